The van der Waals surface area contributed by atoms with Crippen molar-refractivity contribution in [2.24, 2.45) is 0 Å². The van der Waals surface area contributed by atoms with Gasteiger partial charge in [-0.2, -0.15) is 0 Å². The summed E-state index contributed by atoms with van der Waals surface area (Å²) in [6.45, 7) is 0.998. The Kier molecular flexibility index (Phi) is 4.43. The lowest BCUT2D eigenvalue weighted by molar-refractivity contribution is -0.384. The van der Waals surface area contributed by atoms with Crippen LogP contribution in [0.3, 0.4) is 0 Å². The molecule has 0 saturated heterocycles. The molecule has 1 aromatic heterocycles. The van der Waals surface area contributed by atoms with Crippen molar-refractivity contribution in [3.8, 4) is 11.5 Å². The molecule has 0 saturated carbocycles. The van der Waals surface area contributed by atoms with Gasteiger partial charge in [-0.15, -0.1) is 0 Å². The Morgan fingerprint density at radius 2 is 2.00 bits per heavy atom. The number of anilines is 1. The van der Waals surface area contributed by atoms with Gasteiger partial charge in [0.05, 0.1) is 15.1 Å². The number of thiazole rings is 1. The van der Waals surface area contributed by atoms with E-state index in [1.807, 2.05) is 6.07 Å². The van der Waals surface area contributed by atoms with Gasteiger partial charge in [0.15, 0.2) is 16.6 Å². The summed E-state index contributed by atoms with van der Waals surface area (Å²) in [5.41, 5.74) is 1.24. The van der Waals surface area contributed by atoms with E-state index >= 15 is 0 Å². The third kappa shape index (κ3) is 3.72. The van der Waals surface area contributed by atoms with E-state index < -0.39 is 4.92 Å². The number of amides is 1. The lowest BCUT2D eigenvalue weighted by Crippen LogP contribution is -2.15. The number of benzene rings is 2. The van der Waals surface area contributed by atoms with E-state index in [9.17, 15) is 14.9 Å². The van der Waals surface area contributed by atoms with Crippen LogP contribution >= 0.6 is 11.3 Å². The summed E-state index contributed by atoms with van der Waals surface area (Å²) < 4.78 is 11.9. The number of nitro groups is 1. The molecule has 3 aromatic rings. The largest absolute Gasteiger partial charge is 0.486 e. The third-order valence-electron chi connectivity index (χ3n) is 3.79. The van der Waals surface area contributed by atoms with Crippen molar-refractivity contribution in [3.63, 3.8) is 0 Å². The van der Waals surface area contributed by atoms with Crippen molar-refractivity contribution in [3.05, 3.63) is 58.2 Å². The van der Waals surface area contributed by atoms with Gasteiger partial charge in [0.25, 0.3) is 5.69 Å². The van der Waals surface area contributed by atoms with E-state index in [1.165, 1.54) is 35.6 Å². The summed E-state index contributed by atoms with van der Waals surface area (Å²) >= 11 is 1.32. The fourth-order valence-corrected chi connectivity index (χ4v) is 3.46. The zero-order chi connectivity index (χ0) is 18.8. The normalized spacial score (nSPS) is 13.0. The molecule has 136 valence electrons. The van der Waals surface area contributed by atoms with Crippen molar-refractivity contribution in [1.82, 2.24) is 4.98 Å². The molecular weight excluding hydrogens is 370 g/mol. The Bertz CT molecular complexity index is 1030. The van der Waals surface area contributed by atoms with Crippen LogP contribution < -0.4 is 14.8 Å². The van der Waals surface area contributed by atoms with Gasteiger partial charge in [-0.25, -0.2) is 4.98 Å². The monoisotopic (exact) mass is 383 g/mol. The lowest BCUT2D eigenvalue weighted by atomic mass is 10.2. The zero-order valence-corrected chi connectivity index (χ0v) is 14.7. The fourth-order valence-electron chi connectivity index (χ4n) is 2.58. The molecule has 1 N–H and O–H groups in total. The molecule has 9 heteroatoms. The first-order chi connectivity index (χ1) is 13.1. The van der Waals surface area contributed by atoms with Crippen molar-refractivity contribution in [1.29, 1.82) is 0 Å². The summed E-state index contributed by atoms with van der Waals surface area (Å²) in [6.07, 6.45) is 2.82. The van der Waals surface area contributed by atoms with Gasteiger partial charge in [0.1, 0.15) is 13.2 Å². The minimum absolute atomic E-state index is 0.0304. The van der Waals surface area contributed by atoms with Gasteiger partial charge in [0.2, 0.25) is 5.91 Å². The Hall–Kier alpha value is -3.46. The van der Waals surface area contributed by atoms with Crippen LogP contribution in [-0.4, -0.2) is 29.0 Å². The van der Waals surface area contributed by atoms with Crippen molar-refractivity contribution >= 4 is 44.4 Å². The molecule has 1 aliphatic heterocycles. The summed E-state index contributed by atoms with van der Waals surface area (Å²) in [6, 6.07) is 9.66. The van der Waals surface area contributed by atoms with Gasteiger partial charge in [0, 0.05) is 30.3 Å². The Morgan fingerprint density at radius 3 is 2.78 bits per heavy atom. The van der Waals surface area contributed by atoms with Gasteiger partial charge < -0.3 is 9.47 Å². The smallest absolute Gasteiger partial charge is 0.270 e. The van der Waals surface area contributed by atoms with Crippen molar-refractivity contribution in [2.45, 2.75) is 0 Å². The van der Waals surface area contributed by atoms with Crippen LogP contribution in [0.25, 0.3) is 16.3 Å². The maximum absolute atomic E-state index is 12.1. The van der Waals surface area contributed by atoms with E-state index in [1.54, 1.807) is 18.2 Å². The highest BCUT2D eigenvalue weighted by Gasteiger charge is 2.15. The third-order valence-corrected chi connectivity index (χ3v) is 4.72. The molecule has 1 amide bonds. The van der Waals surface area contributed by atoms with Crippen LogP contribution in [0.5, 0.6) is 11.5 Å². The van der Waals surface area contributed by atoms with E-state index in [0.717, 1.165) is 4.70 Å². The van der Waals surface area contributed by atoms with E-state index in [4.69, 9.17) is 9.47 Å². The van der Waals surface area contributed by atoms with Gasteiger partial charge in [-0.1, -0.05) is 23.5 Å². The minimum atomic E-state index is -0.481. The molecule has 27 heavy (non-hydrogen) atoms. The Labute approximate surface area is 157 Å². The first kappa shape index (κ1) is 17.0. The van der Waals surface area contributed by atoms with Crippen LogP contribution in [0.4, 0.5) is 10.8 Å². The molecule has 0 fully saturated rings. The average Bonchev–Trinajstić information content (AvgIpc) is 3.05. The van der Waals surface area contributed by atoms with Crippen molar-refractivity contribution < 1.29 is 19.2 Å². The molecule has 0 spiro atoms. The number of hydrogen-bond donors (Lipinski definition) is 1. The number of carbonyl (C=O) groups excluding carboxylic acids is 1. The van der Waals surface area contributed by atoms with Crippen LogP contribution in [0.1, 0.15) is 5.56 Å². The lowest BCUT2D eigenvalue weighted by Gasteiger charge is -2.17. The second-order valence-electron chi connectivity index (χ2n) is 5.66. The average molecular weight is 383 g/mol. The second kappa shape index (κ2) is 7.04. The second-order valence-corrected chi connectivity index (χ2v) is 6.69. The van der Waals surface area contributed by atoms with Gasteiger partial charge >= 0.3 is 0 Å². The summed E-state index contributed by atoms with van der Waals surface area (Å²) in [5, 5.41) is 13.9. The van der Waals surface area contributed by atoms with Gasteiger partial charge in [-0.05, 0) is 11.6 Å². The topological polar surface area (TPSA) is 104 Å². The molecule has 0 atom stereocenters. The van der Waals surface area contributed by atoms with Crippen LogP contribution in [0.2, 0.25) is 0 Å². The predicted octanol–water partition coefficient (Wildman–Crippen LogP) is 3.63. The quantitative estimate of drug-likeness (QED) is 0.419. The highest BCUT2D eigenvalue weighted by atomic mass is 32.1. The highest BCUT2D eigenvalue weighted by molar-refractivity contribution is 7.22. The Morgan fingerprint density at radius 1 is 1.22 bits per heavy atom. The molecule has 2 aromatic carbocycles. The number of fused-ring (bicyclic) bond motifs is 2. The molecule has 0 radical (unpaired) electrons. The first-order valence-electron chi connectivity index (χ1n) is 8.02. The number of ether oxygens (including phenoxy) is 2. The summed E-state index contributed by atoms with van der Waals surface area (Å²) in [4.78, 5) is 26.8. The molecule has 1 aliphatic rings. The number of hydrogen-bond acceptors (Lipinski definition) is 7. The minimum Gasteiger partial charge on any atom is -0.486 e. The maximum Gasteiger partial charge on any atom is 0.270 e. The summed E-state index contributed by atoms with van der Waals surface area (Å²) in [5.74, 6) is 0.932. The molecule has 4 rings (SSSR count). The molecule has 8 nitrogen and oxygen atoms in total. The summed E-state index contributed by atoms with van der Waals surface area (Å²) in [7, 11) is 0. The molecule has 0 bridgehead atoms. The molecule has 0 unspecified atom stereocenters. The standard InChI is InChI=1S/C18H13N3O5S/c22-17(5-4-11-2-1-3-12(8-11)21(23)24)20-18-19-13-9-14-15(10-16(13)27-18)26-7-6-25-14/h1-5,8-10H,6-7H2,(H,19,20,22)/b5-4+. The number of nitrogens with one attached hydrogen (secondary N) is 1. The van der Waals surface area contributed by atoms with Crippen LogP contribution in [0.15, 0.2) is 42.5 Å². The van der Waals surface area contributed by atoms with E-state index in [2.05, 4.69) is 10.3 Å². The van der Waals surface area contributed by atoms with Crippen LogP contribution in [0, 0.1) is 10.1 Å². The van der Waals surface area contributed by atoms with Crippen LogP contribution in [-0.2, 0) is 4.79 Å². The van der Waals surface area contributed by atoms with Gasteiger partial charge in [-0.3, -0.25) is 20.2 Å². The number of non-ortho nitro benzene ring substituents is 1. The predicted molar refractivity (Wildman–Crippen MR) is 101 cm³/mol. The maximum atomic E-state index is 12.1. The molecule has 2 heterocycles. The van der Waals surface area contributed by atoms with E-state index in [0.29, 0.717) is 40.9 Å². The molecular formula is C18H13N3O5S. The highest BCUT2D eigenvalue weighted by Crippen LogP contribution is 2.37. The molecule has 0 aliphatic carbocycles. The number of nitrogens with zero attached hydrogens (tertiary/aromatic N) is 2. The number of aromatic nitrogens is 1. The fraction of sp³-hybridized carbons (Fsp3) is 0.111. The number of carbonyl (C=O) groups is 1. The van der Waals surface area contributed by atoms with Crippen molar-refractivity contribution in [2.75, 3.05) is 18.5 Å². The number of rotatable bonds is 4. The Balaban J connectivity index is 1.49. The zero-order valence-electron chi connectivity index (χ0n) is 13.9. The SMILES string of the molecule is O=C(/C=C/c1cccc([N+](=O)[O-])c1)Nc1nc2cc3c(cc2s1)OCCO3. The number of nitro benzene ring substituents is 1. The first-order valence-corrected chi connectivity index (χ1v) is 8.84. The van der Waals surface area contributed by atoms with E-state index in [-0.39, 0.29) is 11.6 Å².